The highest BCUT2D eigenvalue weighted by atomic mass is 32.2. The molecule has 1 fully saturated rings. The predicted molar refractivity (Wildman–Crippen MR) is 73.8 cm³/mol. The summed E-state index contributed by atoms with van der Waals surface area (Å²) in [5.41, 5.74) is 0.215. The lowest BCUT2D eigenvalue weighted by atomic mass is 10.1. The number of sulfonamides is 1. The molecule has 0 amide bonds. The summed E-state index contributed by atoms with van der Waals surface area (Å²) in [6.45, 7) is 6.34. The molecule has 1 aliphatic heterocycles. The number of rotatable bonds is 3. The molecule has 0 aromatic carbocycles. The van der Waals surface area contributed by atoms with E-state index in [1.54, 1.807) is 12.3 Å². The van der Waals surface area contributed by atoms with Crippen LogP contribution in [-0.2, 0) is 21.4 Å². The summed E-state index contributed by atoms with van der Waals surface area (Å²) in [6, 6.07) is 0. The Morgan fingerprint density at radius 2 is 2.21 bits per heavy atom. The highest BCUT2D eigenvalue weighted by Crippen LogP contribution is 2.31. The van der Waals surface area contributed by atoms with Crippen LogP contribution in [0.2, 0.25) is 0 Å². The van der Waals surface area contributed by atoms with Crippen LogP contribution in [0.25, 0.3) is 0 Å². The molecule has 0 radical (unpaired) electrons. The Kier molecular flexibility index (Phi) is 4.04. The van der Waals surface area contributed by atoms with Crippen LogP contribution in [0, 0.1) is 6.92 Å². The summed E-state index contributed by atoms with van der Waals surface area (Å²) in [5, 5.41) is 11.1. The van der Waals surface area contributed by atoms with Gasteiger partial charge in [-0.3, -0.25) is 0 Å². The zero-order valence-electron chi connectivity index (χ0n) is 11.3. The van der Waals surface area contributed by atoms with Crippen LogP contribution in [0.3, 0.4) is 0 Å². The number of thiophene rings is 1. The quantitative estimate of drug-likeness (QED) is 0.915. The van der Waals surface area contributed by atoms with Crippen molar-refractivity contribution in [2.24, 2.45) is 0 Å². The molecule has 1 N–H and O–H groups in total. The number of aliphatic hydroxyl groups excluding tert-OH is 1. The van der Waals surface area contributed by atoms with E-state index in [4.69, 9.17) is 4.74 Å². The molecule has 0 bridgehead atoms. The van der Waals surface area contributed by atoms with Crippen molar-refractivity contribution in [1.29, 1.82) is 0 Å². The van der Waals surface area contributed by atoms with Gasteiger partial charge >= 0.3 is 0 Å². The van der Waals surface area contributed by atoms with Gasteiger partial charge in [-0.15, -0.1) is 11.3 Å². The average molecular weight is 305 g/mol. The Balaban J connectivity index is 2.39. The molecule has 108 valence electrons. The molecule has 19 heavy (non-hydrogen) atoms. The molecule has 0 atom stereocenters. The molecule has 0 saturated carbocycles. The van der Waals surface area contributed by atoms with Gasteiger partial charge in [-0.05, 0) is 31.7 Å². The highest BCUT2D eigenvalue weighted by molar-refractivity contribution is 7.89. The van der Waals surface area contributed by atoms with E-state index in [2.05, 4.69) is 0 Å². The lowest BCUT2D eigenvalue weighted by Gasteiger charge is -2.37. The molecule has 1 aromatic rings. The van der Waals surface area contributed by atoms with Crippen molar-refractivity contribution >= 4 is 21.4 Å². The summed E-state index contributed by atoms with van der Waals surface area (Å²) in [6.07, 6.45) is 0. The Morgan fingerprint density at radius 3 is 2.79 bits per heavy atom. The number of hydrogen-bond donors (Lipinski definition) is 1. The van der Waals surface area contributed by atoms with Gasteiger partial charge in [0.05, 0.1) is 23.7 Å². The Labute approximate surface area is 117 Å². The van der Waals surface area contributed by atoms with E-state index < -0.39 is 15.6 Å². The SMILES string of the molecule is Cc1csc(CO)c1S(=O)(=O)N1CCOC(C)(C)C1. The van der Waals surface area contributed by atoms with Crippen molar-refractivity contribution in [3.8, 4) is 0 Å². The van der Waals surface area contributed by atoms with E-state index in [1.807, 2.05) is 13.8 Å². The van der Waals surface area contributed by atoms with Crippen LogP contribution in [0.5, 0.6) is 0 Å². The molecule has 2 rings (SSSR count). The van der Waals surface area contributed by atoms with Crippen LogP contribution in [0.4, 0.5) is 0 Å². The second kappa shape index (κ2) is 5.14. The fourth-order valence-corrected chi connectivity index (χ4v) is 5.44. The third-order valence-electron chi connectivity index (χ3n) is 3.12. The number of aryl methyl sites for hydroxylation is 1. The first kappa shape index (κ1) is 14.9. The van der Waals surface area contributed by atoms with E-state index >= 15 is 0 Å². The smallest absolute Gasteiger partial charge is 0.244 e. The van der Waals surface area contributed by atoms with Gasteiger partial charge in [-0.25, -0.2) is 8.42 Å². The van der Waals surface area contributed by atoms with Crippen LogP contribution < -0.4 is 0 Å². The second-order valence-electron chi connectivity index (χ2n) is 5.28. The molecule has 0 aliphatic carbocycles. The summed E-state index contributed by atoms with van der Waals surface area (Å²) in [7, 11) is -3.56. The van der Waals surface area contributed by atoms with Crippen molar-refractivity contribution in [1.82, 2.24) is 4.31 Å². The van der Waals surface area contributed by atoms with E-state index in [1.165, 1.54) is 15.6 Å². The molecule has 1 aromatic heterocycles. The Morgan fingerprint density at radius 1 is 1.53 bits per heavy atom. The molecule has 5 nitrogen and oxygen atoms in total. The van der Waals surface area contributed by atoms with Crippen LogP contribution >= 0.6 is 11.3 Å². The number of morpholine rings is 1. The molecule has 7 heteroatoms. The monoisotopic (exact) mass is 305 g/mol. The van der Waals surface area contributed by atoms with Gasteiger partial charge in [0.25, 0.3) is 0 Å². The minimum absolute atomic E-state index is 0.249. The zero-order valence-corrected chi connectivity index (χ0v) is 13.0. The molecular weight excluding hydrogens is 286 g/mol. The van der Waals surface area contributed by atoms with Crippen LogP contribution in [0.1, 0.15) is 24.3 Å². The summed E-state index contributed by atoms with van der Waals surface area (Å²) < 4.78 is 32.4. The minimum atomic E-state index is -3.56. The Bertz CT molecular complexity index is 562. The fraction of sp³-hybridized carbons (Fsp3) is 0.667. The molecule has 2 heterocycles. The van der Waals surface area contributed by atoms with E-state index in [0.717, 1.165) is 0 Å². The maximum Gasteiger partial charge on any atom is 0.244 e. The van der Waals surface area contributed by atoms with Crippen LogP contribution in [0.15, 0.2) is 10.3 Å². The summed E-state index contributed by atoms with van der Waals surface area (Å²) in [5.74, 6) is 0. The van der Waals surface area contributed by atoms with Crippen molar-refractivity contribution in [2.75, 3.05) is 19.7 Å². The van der Waals surface area contributed by atoms with Gasteiger partial charge in [0.15, 0.2) is 0 Å². The van der Waals surface area contributed by atoms with Crippen molar-refractivity contribution in [2.45, 2.75) is 37.9 Å². The maximum absolute atomic E-state index is 12.7. The zero-order chi connectivity index (χ0) is 14.3. The first-order valence-corrected chi connectivity index (χ1v) is 8.42. The minimum Gasteiger partial charge on any atom is -0.391 e. The fourth-order valence-electron chi connectivity index (χ4n) is 2.25. The largest absolute Gasteiger partial charge is 0.391 e. The number of ether oxygens (including phenoxy) is 1. The van der Waals surface area contributed by atoms with Crippen molar-refractivity contribution in [3.05, 3.63) is 15.8 Å². The molecule has 1 aliphatic rings. The van der Waals surface area contributed by atoms with E-state index in [-0.39, 0.29) is 11.5 Å². The van der Waals surface area contributed by atoms with Gasteiger partial charge in [0, 0.05) is 13.1 Å². The summed E-state index contributed by atoms with van der Waals surface area (Å²) >= 11 is 1.28. The maximum atomic E-state index is 12.7. The lowest BCUT2D eigenvalue weighted by molar-refractivity contribution is -0.0640. The van der Waals surface area contributed by atoms with Gasteiger partial charge in [-0.1, -0.05) is 0 Å². The first-order chi connectivity index (χ1) is 8.78. The van der Waals surface area contributed by atoms with E-state index in [0.29, 0.717) is 30.1 Å². The molecule has 0 spiro atoms. The molecular formula is C12H19NO4S2. The predicted octanol–water partition coefficient (Wildman–Crippen LogP) is 1.35. The third kappa shape index (κ3) is 2.85. The molecule has 1 saturated heterocycles. The number of nitrogens with zero attached hydrogens (tertiary/aromatic N) is 1. The van der Waals surface area contributed by atoms with E-state index in [9.17, 15) is 13.5 Å². The lowest BCUT2D eigenvalue weighted by Crippen LogP contribution is -2.50. The first-order valence-electron chi connectivity index (χ1n) is 6.10. The number of hydrogen-bond acceptors (Lipinski definition) is 5. The topological polar surface area (TPSA) is 66.8 Å². The number of aliphatic hydroxyl groups is 1. The van der Waals surface area contributed by atoms with Crippen molar-refractivity contribution < 1.29 is 18.3 Å². The summed E-state index contributed by atoms with van der Waals surface area (Å²) in [4.78, 5) is 0.763. The Hall–Kier alpha value is -0.470. The van der Waals surface area contributed by atoms with Gasteiger partial charge in [0.1, 0.15) is 4.90 Å². The standard InChI is InChI=1S/C12H19NO4S2/c1-9-7-18-10(6-14)11(9)19(15,16)13-4-5-17-12(2,3)8-13/h7,14H,4-6,8H2,1-3H3. The van der Waals surface area contributed by atoms with Crippen molar-refractivity contribution in [3.63, 3.8) is 0 Å². The molecule has 0 unspecified atom stereocenters. The third-order valence-corrected chi connectivity index (χ3v) is 6.42. The van der Waals surface area contributed by atoms with Gasteiger partial charge in [-0.2, -0.15) is 4.31 Å². The second-order valence-corrected chi connectivity index (χ2v) is 8.11. The van der Waals surface area contributed by atoms with Gasteiger partial charge in [0.2, 0.25) is 10.0 Å². The van der Waals surface area contributed by atoms with Crippen LogP contribution in [-0.4, -0.2) is 43.1 Å². The normalized spacial score (nSPS) is 20.6. The highest BCUT2D eigenvalue weighted by Gasteiger charge is 2.36. The van der Waals surface area contributed by atoms with Gasteiger partial charge < -0.3 is 9.84 Å². The average Bonchev–Trinajstić information content (AvgIpc) is 2.69.